The zero-order valence-electron chi connectivity index (χ0n) is 9.73. The van der Waals surface area contributed by atoms with Crippen LogP contribution in [0.3, 0.4) is 0 Å². The van der Waals surface area contributed by atoms with E-state index >= 15 is 0 Å². The highest BCUT2D eigenvalue weighted by molar-refractivity contribution is 7.80. The zero-order valence-corrected chi connectivity index (χ0v) is 10.6. The van der Waals surface area contributed by atoms with Gasteiger partial charge in [0.1, 0.15) is 0 Å². The minimum atomic E-state index is 0.126. The van der Waals surface area contributed by atoms with Gasteiger partial charge in [0.2, 0.25) is 0 Å². The first-order valence-electron chi connectivity index (χ1n) is 5.56. The molecule has 1 fully saturated rings. The molecule has 1 saturated heterocycles. The second-order valence-electron chi connectivity index (χ2n) is 5.19. The van der Waals surface area contributed by atoms with Gasteiger partial charge in [0, 0.05) is 23.5 Å². The average Bonchev–Trinajstić information content (AvgIpc) is 2.58. The van der Waals surface area contributed by atoms with Crippen LogP contribution in [0.5, 0.6) is 0 Å². The molecule has 1 aromatic carbocycles. The smallest absolute Gasteiger partial charge is 0.253 e. The summed E-state index contributed by atoms with van der Waals surface area (Å²) < 4.78 is 0. The van der Waals surface area contributed by atoms with Crippen molar-refractivity contribution in [3.63, 3.8) is 0 Å². The molecule has 0 aromatic heterocycles. The largest absolute Gasteiger partial charge is 0.338 e. The van der Waals surface area contributed by atoms with Crippen LogP contribution >= 0.6 is 12.6 Å². The Labute approximate surface area is 102 Å². The van der Waals surface area contributed by atoms with Crippen LogP contribution in [0.15, 0.2) is 29.2 Å². The van der Waals surface area contributed by atoms with Crippen LogP contribution in [0, 0.1) is 5.41 Å². The molecule has 0 aliphatic carbocycles. The van der Waals surface area contributed by atoms with E-state index in [1.807, 2.05) is 29.2 Å². The van der Waals surface area contributed by atoms with Crippen molar-refractivity contribution in [2.24, 2.45) is 5.41 Å². The van der Waals surface area contributed by atoms with Crippen molar-refractivity contribution in [3.05, 3.63) is 29.8 Å². The van der Waals surface area contributed by atoms with Crippen molar-refractivity contribution >= 4 is 18.5 Å². The third kappa shape index (κ3) is 2.40. The van der Waals surface area contributed by atoms with Crippen molar-refractivity contribution in [2.45, 2.75) is 25.2 Å². The van der Waals surface area contributed by atoms with Crippen molar-refractivity contribution < 1.29 is 4.79 Å². The fourth-order valence-electron chi connectivity index (χ4n) is 2.11. The summed E-state index contributed by atoms with van der Waals surface area (Å²) in [5.74, 6) is 0.126. The molecule has 0 spiro atoms. The van der Waals surface area contributed by atoms with E-state index in [0.29, 0.717) is 0 Å². The van der Waals surface area contributed by atoms with E-state index in [2.05, 4.69) is 26.5 Å². The molecule has 0 radical (unpaired) electrons. The summed E-state index contributed by atoms with van der Waals surface area (Å²) in [5, 5.41) is 0. The highest BCUT2D eigenvalue weighted by Crippen LogP contribution is 2.29. The van der Waals surface area contributed by atoms with Crippen LogP contribution in [0.1, 0.15) is 30.6 Å². The summed E-state index contributed by atoms with van der Waals surface area (Å²) in [5.41, 5.74) is 0.999. The van der Waals surface area contributed by atoms with Gasteiger partial charge in [0.15, 0.2) is 0 Å². The predicted octanol–water partition coefficient (Wildman–Crippen LogP) is 2.85. The maximum atomic E-state index is 12.2. The number of amides is 1. The average molecular weight is 235 g/mol. The molecule has 0 unspecified atom stereocenters. The second kappa shape index (κ2) is 4.13. The first-order chi connectivity index (χ1) is 7.48. The SMILES string of the molecule is CC1(C)CCN(C(=O)c2cccc(S)c2)C1. The van der Waals surface area contributed by atoms with E-state index in [4.69, 9.17) is 0 Å². The Morgan fingerprint density at radius 1 is 1.44 bits per heavy atom. The number of carbonyl (C=O) groups excluding carboxylic acids is 1. The van der Waals surface area contributed by atoms with E-state index in [1.165, 1.54) is 0 Å². The van der Waals surface area contributed by atoms with E-state index in [-0.39, 0.29) is 11.3 Å². The van der Waals surface area contributed by atoms with E-state index < -0.39 is 0 Å². The van der Waals surface area contributed by atoms with Gasteiger partial charge >= 0.3 is 0 Å². The molecule has 86 valence electrons. The quantitative estimate of drug-likeness (QED) is 0.742. The number of benzene rings is 1. The maximum absolute atomic E-state index is 12.2. The number of thiol groups is 1. The maximum Gasteiger partial charge on any atom is 0.253 e. The normalized spacial score (nSPS) is 18.8. The third-order valence-corrected chi connectivity index (χ3v) is 3.34. The monoisotopic (exact) mass is 235 g/mol. The van der Waals surface area contributed by atoms with Gasteiger partial charge in [-0.25, -0.2) is 0 Å². The highest BCUT2D eigenvalue weighted by atomic mass is 32.1. The molecule has 0 N–H and O–H groups in total. The zero-order chi connectivity index (χ0) is 11.8. The fourth-order valence-corrected chi connectivity index (χ4v) is 2.33. The Morgan fingerprint density at radius 2 is 2.19 bits per heavy atom. The van der Waals surface area contributed by atoms with Gasteiger partial charge in [-0.05, 0) is 30.0 Å². The Morgan fingerprint density at radius 3 is 2.75 bits per heavy atom. The van der Waals surface area contributed by atoms with E-state index in [1.54, 1.807) is 0 Å². The molecule has 1 aliphatic rings. The van der Waals surface area contributed by atoms with Gasteiger partial charge in [0.05, 0.1) is 0 Å². The van der Waals surface area contributed by atoms with Gasteiger partial charge in [-0.15, -0.1) is 12.6 Å². The van der Waals surface area contributed by atoms with Crippen LogP contribution in [-0.4, -0.2) is 23.9 Å². The summed E-state index contributed by atoms with van der Waals surface area (Å²) in [6, 6.07) is 7.44. The van der Waals surface area contributed by atoms with Crippen molar-refractivity contribution in [2.75, 3.05) is 13.1 Å². The minimum absolute atomic E-state index is 0.126. The lowest BCUT2D eigenvalue weighted by Crippen LogP contribution is -2.30. The molecule has 1 aliphatic heterocycles. The lowest BCUT2D eigenvalue weighted by atomic mass is 9.93. The summed E-state index contributed by atoms with van der Waals surface area (Å²) >= 11 is 4.25. The number of nitrogens with zero attached hydrogens (tertiary/aromatic N) is 1. The van der Waals surface area contributed by atoms with Crippen LogP contribution in [0.4, 0.5) is 0 Å². The van der Waals surface area contributed by atoms with Gasteiger partial charge < -0.3 is 4.90 Å². The summed E-state index contributed by atoms with van der Waals surface area (Å²) in [6.07, 6.45) is 1.08. The molecule has 0 bridgehead atoms. The lowest BCUT2D eigenvalue weighted by Gasteiger charge is -2.19. The Hall–Kier alpha value is -0.960. The van der Waals surface area contributed by atoms with E-state index in [0.717, 1.165) is 30.0 Å². The fraction of sp³-hybridized carbons (Fsp3) is 0.462. The number of hydrogen-bond donors (Lipinski definition) is 1. The molecule has 1 aromatic rings. The molecule has 0 atom stereocenters. The molecule has 3 heteroatoms. The summed E-state index contributed by atoms with van der Waals surface area (Å²) in [7, 11) is 0. The number of hydrogen-bond acceptors (Lipinski definition) is 2. The highest BCUT2D eigenvalue weighted by Gasteiger charge is 2.32. The lowest BCUT2D eigenvalue weighted by molar-refractivity contribution is 0.0778. The Kier molecular flexibility index (Phi) is 2.98. The first-order valence-corrected chi connectivity index (χ1v) is 6.01. The molecular formula is C13H17NOS. The van der Waals surface area contributed by atoms with E-state index in [9.17, 15) is 4.79 Å². The molecule has 0 saturated carbocycles. The van der Waals surface area contributed by atoms with Crippen molar-refractivity contribution in [1.82, 2.24) is 4.90 Å². The second-order valence-corrected chi connectivity index (χ2v) is 5.71. The third-order valence-electron chi connectivity index (χ3n) is 3.06. The van der Waals surface area contributed by atoms with Gasteiger partial charge in [-0.2, -0.15) is 0 Å². The first kappa shape index (κ1) is 11.5. The van der Waals surface area contributed by atoms with Crippen LogP contribution in [-0.2, 0) is 0 Å². The number of carbonyl (C=O) groups is 1. The minimum Gasteiger partial charge on any atom is -0.338 e. The molecule has 2 rings (SSSR count). The molecule has 2 nitrogen and oxygen atoms in total. The molecule has 1 amide bonds. The van der Waals surface area contributed by atoms with Crippen molar-refractivity contribution in [3.8, 4) is 0 Å². The van der Waals surface area contributed by atoms with Crippen LogP contribution < -0.4 is 0 Å². The molecular weight excluding hydrogens is 218 g/mol. The van der Waals surface area contributed by atoms with Gasteiger partial charge in [-0.3, -0.25) is 4.79 Å². The topological polar surface area (TPSA) is 20.3 Å². The number of likely N-dealkylation sites (tertiary alicyclic amines) is 1. The van der Waals surface area contributed by atoms with Crippen molar-refractivity contribution in [1.29, 1.82) is 0 Å². The molecule has 1 heterocycles. The Bertz CT molecular complexity index is 414. The van der Waals surface area contributed by atoms with Gasteiger partial charge in [-0.1, -0.05) is 19.9 Å². The summed E-state index contributed by atoms with van der Waals surface area (Å²) in [4.78, 5) is 14.9. The number of rotatable bonds is 1. The van der Waals surface area contributed by atoms with Gasteiger partial charge in [0.25, 0.3) is 5.91 Å². The van der Waals surface area contributed by atoms with Crippen LogP contribution in [0.25, 0.3) is 0 Å². The predicted molar refractivity (Wildman–Crippen MR) is 68.0 cm³/mol. The molecule has 16 heavy (non-hydrogen) atoms. The summed E-state index contributed by atoms with van der Waals surface area (Å²) in [6.45, 7) is 6.12. The van der Waals surface area contributed by atoms with Crippen LogP contribution in [0.2, 0.25) is 0 Å². The Balaban J connectivity index is 2.15. The standard InChI is InChI=1S/C13H17NOS/c1-13(2)6-7-14(9-13)12(15)10-4-3-5-11(16)8-10/h3-5,8,16H,6-7,9H2,1-2H3.